The lowest BCUT2D eigenvalue weighted by atomic mass is 9.82. The number of anilines is 6. The molecule has 0 heterocycles. The van der Waals surface area contributed by atoms with Crippen molar-refractivity contribution < 1.29 is 0 Å². The van der Waals surface area contributed by atoms with Crippen LogP contribution in [0.5, 0.6) is 0 Å². The molecule has 2 heteroatoms. The highest BCUT2D eigenvalue weighted by Crippen LogP contribution is 2.50. The first-order chi connectivity index (χ1) is 27.8. The maximum Gasteiger partial charge on any atom is 0.0466 e. The Bertz CT molecular complexity index is 2630. The molecule has 0 aliphatic heterocycles. The summed E-state index contributed by atoms with van der Waals surface area (Å²) in [4.78, 5) is 4.69. The van der Waals surface area contributed by atoms with Crippen molar-refractivity contribution in [2.45, 2.75) is 33.1 Å². The van der Waals surface area contributed by atoms with Crippen LogP contribution in [0.15, 0.2) is 194 Å². The molecule has 0 atom stereocenters. The van der Waals surface area contributed by atoms with Gasteiger partial charge in [0.25, 0.3) is 0 Å². The largest absolute Gasteiger partial charge is 0.311 e. The molecule has 1 aliphatic carbocycles. The van der Waals surface area contributed by atoms with E-state index < -0.39 is 0 Å². The molecule has 9 rings (SSSR count). The number of hydrogen-bond acceptors (Lipinski definition) is 2. The van der Waals surface area contributed by atoms with Gasteiger partial charge in [-0.15, -0.1) is 0 Å². The van der Waals surface area contributed by atoms with Gasteiger partial charge in [-0.3, -0.25) is 0 Å². The minimum Gasteiger partial charge on any atom is -0.311 e. The average molecular weight is 735 g/mol. The van der Waals surface area contributed by atoms with Gasteiger partial charge in [-0.1, -0.05) is 147 Å². The van der Waals surface area contributed by atoms with E-state index in [1.54, 1.807) is 0 Å². The van der Waals surface area contributed by atoms with Gasteiger partial charge in [0.05, 0.1) is 0 Å². The molecule has 0 saturated heterocycles. The van der Waals surface area contributed by atoms with E-state index in [0.29, 0.717) is 0 Å². The van der Waals surface area contributed by atoms with Gasteiger partial charge in [-0.2, -0.15) is 0 Å². The van der Waals surface area contributed by atoms with Crippen LogP contribution in [0.2, 0.25) is 0 Å². The predicted octanol–water partition coefficient (Wildman–Crippen LogP) is 15.4. The molecule has 2 nitrogen and oxygen atoms in total. The molecule has 0 spiro atoms. The fourth-order valence-corrected chi connectivity index (χ4v) is 8.48. The molecule has 57 heavy (non-hydrogen) atoms. The number of nitrogens with zero attached hydrogens (tertiary/aromatic N) is 2. The zero-order chi connectivity index (χ0) is 38.9. The Labute approximate surface area is 337 Å². The van der Waals surface area contributed by atoms with Crippen molar-refractivity contribution in [3.8, 4) is 22.3 Å². The quantitative estimate of drug-likeness (QED) is 0.136. The molecule has 0 unspecified atom stereocenters. The van der Waals surface area contributed by atoms with Crippen LogP contribution >= 0.6 is 0 Å². The zero-order valence-corrected chi connectivity index (χ0v) is 33.0. The van der Waals surface area contributed by atoms with Gasteiger partial charge in [-0.05, 0) is 142 Å². The van der Waals surface area contributed by atoms with Crippen LogP contribution in [0, 0.1) is 13.8 Å². The van der Waals surface area contributed by atoms with Crippen LogP contribution in [-0.2, 0) is 5.41 Å². The van der Waals surface area contributed by atoms with Crippen LogP contribution in [-0.4, -0.2) is 0 Å². The second-order valence-electron chi connectivity index (χ2n) is 15.7. The van der Waals surface area contributed by atoms with Crippen LogP contribution in [0.25, 0.3) is 34.4 Å². The maximum absolute atomic E-state index is 2.41. The van der Waals surface area contributed by atoms with E-state index in [4.69, 9.17) is 0 Å². The van der Waals surface area contributed by atoms with Crippen molar-refractivity contribution in [1.29, 1.82) is 0 Å². The zero-order valence-electron chi connectivity index (χ0n) is 33.0. The van der Waals surface area contributed by atoms with E-state index in [1.165, 1.54) is 55.9 Å². The van der Waals surface area contributed by atoms with Crippen molar-refractivity contribution in [1.82, 2.24) is 0 Å². The summed E-state index contributed by atoms with van der Waals surface area (Å²) in [5.74, 6) is 0. The van der Waals surface area contributed by atoms with E-state index in [9.17, 15) is 0 Å². The Morgan fingerprint density at radius 2 is 0.772 bits per heavy atom. The monoisotopic (exact) mass is 734 g/mol. The van der Waals surface area contributed by atoms with Crippen molar-refractivity contribution in [2.24, 2.45) is 0 Å². The Morgan fingerprint density at radius 3 is 1.35 bits per heavy atom. The third kappa shape index (κ3) is 7.07. The van der Waals surface area contributed by atoms with Crippen molar-refractivity contribution in [3.63, 3.8) is 0 Å². The summed E-state index contributed by atoms with van der Waals surface area (Å²) in [5.41, 5.74) is 19.5. The van der Waals surface area contributed by atoms with E-state index in [0.717, 1.165) is 33.9 Å². The summed E-state index contributed by atoms with van der Waals surface area (Å²) in [5, 5.41) is 0. The fourth-order valence-electron chi connectivity index (χ4n) is 8.48. The van der Waals surface area contributed by atoms with Crippen molar-refractivity contribution in [3.05, 3.63) is 228 Å². The molecule has 8 aromatic rings. The predicted molar refractivity (Wildman–Crippen MR) is 244 cm³/mol. The van der Waals surface area contributed by atoms with Gasteiger partial charge in [0.2, 0.25) is 0 Å². The number of hydrogen-bond donors (Lipinski definition) is 0. The van der Waals surface area contributed by atoms with Crippen LogP contribution in [0.4, 0.5) is 34.1 Å². The Balaban J connectivity index is 0.955. The number of rotatable bonds is 9. The average Bonchev–Trinajstić information content (AvgIpc) is 3.47. The lowest BCUT2D eigenvalue weighted by Gasteiger charge is -2.29. The summed E-state index contributed by atoms with van der Waals surface area (Å²) in [6.45, 7) is 9.06. The van der Waals surface area contributed by atoms with Gasteiger partial charge >= 0.3 is 0 Å². The Morgan fingerprint density at radius 1 is 0.351 bits per heavy atom. The number of para-hydroxylation sites is 2. The smallest absolute Gasteiger partial charge is 0.0466 e. The summed E-state index contributed by atoms with van der Waals surface area (Å²) in [7, 11) is 0. The van der Waals surface area contributed by atoms with E-state index >= 15 is 0 Å². The molecule has 0 fully saturated rings. The van der Waals surface area contributed by atoms with E-state index in [1.807, 2.05) is 0 Å². The number of benzene rings is 8. The first-order valence-corrected chi connectivity index (χ1v) is 19.8. The molecule has 0 aromatic heterocycles. The molecular weight excluding hydrogens is 689 g/mol. The first-order valence-electron chi connectivity index (χ1n) is 19.8. The van der Waals surface area contributed by atoms with Gasteiger partial charge in [-0.25, -0.2) is 0 Å². The third-order valence-corrected chi connectivity index (χ3v) is 11.3. The van der Waals surface area contributed by atoms with Crippen LogP contribution in [0.1, 0.15) is 47.2 Å². The summed E-state index contributed by atoms with van der Waals surface area (Å²) in [6.07, 6.45) is 4.37. The Kier molecular flexibility index (Phi) is 9.40. The lowest BCUT2D eigenvalue weighted by molar-refractivity contribution is 0.660. The number of fused-ring (bicyclic) bond motifs is 3. The minimum absolute atomic E-state index is 0.0705. The highest BCUT2D eigenvalue weighted by molar-refractivity contribution is 5.86. The van der Waals surface area contributed by atoms with Gasteiger partial charge in [0, 0.05) is 39.5 Å². The molecule has 0 saturated carbocycles. The van der Waals surface area contributed by atoms with Gasteiger partial charge in [0.1, 0.15) is 0 Å². The molecule has 0 bridgehead atoms. The van der Waals surface area contributed by atoms with Gasteiger partial charge in [0.15, 0.2) is 0 Å². The highest BCUT2D eigenvalue weighted by atomic mass is 15.1. The molecule has 1 aliphatic rings. The molecule has 0 amide bonds. The second kappa shape index (κ2) is 15.0. The maximum atomic E-state index is 2.41. The SMILES string of the molecule is Cc1cc(C)cc(N(c2ccc(-c3ccc(C=Cc4ccc(N(c5ccccc5)c5ccccc5)cc4)cc3)cc2)c2ccc3c(c2)C(C)(C)c2ccccc2-3)c1. The van der Waals surface area contributed by atoms with E-state index in [2.05, 4.69) is 244 Å². The van der Waals surface area contributed by atoms with Crippen molar-refractivity contribution >= 4 is 46.3 Å². The molecule has 0 radical (unpaired) electrons. The first kappa shape index (κ1) is 35.8. The van der Waals surface area contributed by atoms with Crippen LogP contribution in [0.3, 0.4) is 0 Å². The molecule has 8 aromatic carbocycles. The summed E-state index contributed by atoms with van der Waals surface area (Å²) < 4.78 is 0. The van der Waals surface area contributed by atoms with Crippen LogP contribution < -0.4 is 9.80 Å². The van der Waals surface area contributed by atoms with E-state index in [-0.39, 0.29) is 5.41 Å². The molecule has 276 valence electrons. The summed E-state index contributed by atoms with van der Waals surface area (Å²) in [6, 6.07) is 70.3. The topological polar surface area (TPSA) is 6.48 Å². The highest BCUT2D eigenvalue weighted by Gasteiger charge is 2.35. The third-order valence-electron chi connectivity index (χ3n) is 11.3. The normalized spacial score (nSPS) is 12.6. The fraction of sp³-hybridized carbons (Fsp3) is 0.0909. The Hall–Kier alpha value is -6.90. The standard InChI is InChI=1S/C55H46N2/c1-39-35-40(2)37-50(36-39)57(49-33-34-52-51-17-11-12-18-53(51)55(3,4)54(52)38-49)48-31-27-44(28-32-48)43-25-21-41(22-26-43)19-20-42-23-29-47(30-24-42)56(45-13-7-5-8-14-45)46-15-9-6-10-16-46/h5-38H,1-4H3. The lowest BCUT2D eigenvalue weighted by Crippen LogP contribution is -2.16. The second-order valence-corrected chi connectivity index (χ2v) is 15.7. The van der Waals surface area contributed by atoms with Gasteiger partial charge < -0.3 is 9.80 Å². The minimum atomic E-state index is -0.0705. The summed E-state index contributed by atoms with van der Waals surface area (Å²) >= 11 is 0. The molecule has 0 N–H and O–H groups in total. The molecular formula is C55H46N2. The van der Waals surface area contributed by atoms with Crippen molar-refractivity contribution in [2.75, 3.05) is 9.80 Å². The number of aryl methyl sites for hydroxylation is 2.